The number of hydrazine groups is 1. The summed E-state index contributed by atoms with van der Waals surface area (Å²) in [5, 5.41) is 3.35. The molecule has 2 aromatic heterocycles. The molecule has 0 radical (unpaired) electrons. The SMILES string of the molecule is CCOC(=O)NNC(=O)c1csc(C2CCN(C(=O)c3cc(OC)c4ccccc4n3)CC2)n1. The largest absolute Gasteiger partial charge is 0.496 e. The van der Waals surface area contributed by atoms with E-state index < -0.39 is 12.0 Å². The van der Waals surface area contributed by atoms with Crippen molar-refractivity contribution >= 4 is 40.1 Å². The van der Waals surface area contributed by atoms with Gasteiger partial charge in [0, 0.05) is 35.8 Å². The first-order chi connectivity index (χ1) is 16.5. The zero-order valence-corrected chi connectivity index (χ0v) is 19.7. The van der Waals surface area contributed by atoms with E-state index in [0.717, 1.165) is 23.2 Å². The van der Waals surface area contributed by atoms with Gasteiger partial charge in [0.1, 0.15) is 17.1 Å². The van der Waals surface area contributed by atoms with Gasteiger partial charge < -0.3 is 14.4 Å². The van der Waals surface area contributed by atoms with E-state index in [0.29, 0.717) is 30.0 Å². The average molecular weight is 484 g/mol. The van der Waals surface area contributed by atoms with Crippen LogP contribution in [0.5, 0.6) is 5.75 Å². The van der Waals surface area contributed by atoms with Crippen LogP contribution in [0.25, 0.3) is 10.9 Å². The molecule has 4 rings (SSSR count). The van der Waals surface area contributed by atoms with Crippen molar-refractivity contribution in [2.24, 2.45) is 0 Å². The van der Waals surface area contributed by atoms with Gasteiger partial charge in [-0.05, 0) is 31.9 Å². The number of carbonyl (C=O) groups is 3. The van der Waals surface area contributed by atoms with Gasteiger partial charge in [0.2, 0.25) is 0 Å². The third-order valence-electron chi connectivity index (χ3n) is 5.56. The Labute approximate surface area is 200 Å². The van der Waals surface area contributed by atoms with E-state index in [1.165, 1.54) is 11.3 Å². The van der Waals surface area contributed by atoms with Crippen molar-refractivity contribution in [1.29, 1.82) is 0 Å². The zero-order chi connectivity index (χ0) is 24.1. The van der Waals surface area contributed by atoms with Gasteiger partial charge in [-0.15, -0.1) is 11.3 Å². The van der Waals surface area contributed by atoms with Crippen LogP contribution in [0.4, 0.5) is 4.79 Å². The maximum atomic E-state index is 13.1. The summed E-state index contributed by atoms with van der Waals surface area (Å²) in [6, 6.07) is 9.25. The molecule has 1 fully saturated rings. The molecule has 0 aliphatic carbocycles. The van der Waals surface area contributed by atoms with Crippen LogP contribution in [-0.4, -0.2) is 59.6 Å². The number of rotatable bonds is 5. The van der Waals surface area contributed by atoms with Crippen molar-refractivity contribution in [2.45, 2.75) is 25.7 Å². The van der Waals surface area contributed by atoms with Crippen LogP contribution in [0.1, 0.15) is 51.7 Å². The lowest BCUT2D eigenvalue weighted by Gasteiger charge is -2.31. The Morgan fingerprint density at radius 3 is 2.62 bits per heavy atom. The quantitative estimate of drug-likeness (QED) is 0.535. The number of likely N-dealkylation sites (tertiary alicyclic amines) is 1. The van der Waals surface area contributed by atoms with Crippen LogP contribution >= 0.6 is 11.3 Å². The molecule has 11 heteroatoms. The molecule has 0 unspecified atom stereocenters. The van der Waals surface area contributed by atoms with Crippen LogP contribution in [-0.2, 0) is 4.74 Å². The highest BCUT2D eigenvalue weighted by Gasteiger charge is 2.28. The molecule has 0 bridgehead atoms. The standard InChI is InChI=1S/C23H25N5O5S/c1-3-33-23(31)27-26-20(29)18-13-34-21(25-18)14-8-10-28(11-9-14)22(30)17-12-19(32-2)15-6-4-5-7-16(15)24-17/h4-7,12-14H,3,8-11H2,1-2H3,(H,26,29)(H,27,31). The Kier molecular flexibility index (Phi) is 7.21. The number of nitrogens with one attached hydrogen (secondary N) is 2. The number of para-hydroxylation sites is 1. The number of fused-ring (bicyclic) bond motifs is 1. The first-order valence-corrected chi connectivity index (χ1v) is 11.8. The zero-order valence-electron chi connectivity index (χ0n) is 18.9. The summed E-state index contributed by atoms with van der Waals surface area (Å²) in [6.45, 7) is 2.99. The predicted octanol–water partition coefficient (Wildman–Crippen LogP) is 3.11. The Hall–Kier alpha value is -3.73. The van der Waals surface area contributed by atoms with Crippen molar-refractivity contribution in [2.75, 3.05) is 26.8 Å². The summed E-state index contributed by atoms with van der Waals surface area (Å²) >= 11 is 1.39. The van der Waals surface area contributed by atoms with E-state index in [4.69, 9.17) is 9.47 Å². The van der Waals surface area contributed by atoms with Gasteiger partial charge in [-0.1, -0.05) is 12.1 Å². The summed E-state index contributed by atoms with van der Waals surface area (Å²) in [6.07, 6.45) is 0.722. The summed E-state index contributed by atoms with van der Waals surface area (Å²) in [4.78, 5) is 47.4. The second-order valence-corrected chi connectivity index (χ2v) is 8.55. The molecular formula is C23H25N5O5S. The van der Waals surface area contributed by atoms with Crippen LogP contribution in [0.3, 0.4) is 0 Å². The molecule has 178 valence electrons. The molecule has 0 saturated carbocycles. The summed E-state index contributed by atoms with van der Waals surface area (Å²) < 4.78 is 10.2. The number of ether oxygens (including phenoxy) is 2. The van der Waals surface area contributed by atoms with E-state index in [1.54, 1.807) is 30.4 Å². The Morgan fingerprint density at radius 1 is 1.12 bits per heavy atom. The molecule has 3 aromatic rings. The normalized spacial score (nSPS) is 14.0. The smallest absolute Gasteiger partial charge is 0.426 e. The number of amides is 3. The third kappa shape index (κ3) is 5.09. The number of piperidine rings is 1. The van der Waals surface area contributed by atoms with E-state index in [-0.39, 0.29) is 24.1 Å². The number of benzene rings is 1. The Balaban J connectivity index is 1.37. The lowest BCUT2D eigenvalue weighted by atomic mass is 9.97. The minimum absolute atomic E-state index is 0.133. The minimum atomic E-state index is -0.734. The first-order valence-electron chi connectivity index (χ1n) is 10.9. The molecule has 1 saturated heterocycles. The van der Waals surface area contributed by atoms with Crippen LogP contribution in [0.2, 0.25) is 0 Å². The number of pyridine rings is 1. The predicted molar refractivity (Wildman–Crippen MR) is 126 cm³/mol. The highest BCUT2D eigenvalue weighted by Crippen LogP contribution is 2.31. The molecule has 0 spiro atoms. The summed E-state index contributed by atoms with van der Waals surface area (Å²) in [5.41, 5.74) is 5.74. The number of methoxy groups -OCH3 is 1. The highest BCUT2D eigenvalue weighted by molar-refractivity contribution is 7.09. The molecule has 34 heavy (non-hydrogen) atoms. The first kappa shape index (κ1) is 23.4. The van der Waals surface area contributed by atoms with E-state index in [9.17, 15) is 14.4 Å². The minimum Gasteiger partial charge on any atom is -0.496 e. The number of hydrogen-bond acceptors (Lipinski definition) is 8. The molecular weight excluding hydrogens is 458 g/mol. The van der Waals surface area contributed by atoms with Gasteiger partial charge in [-0.3, -0.25) is 15.0 Å². The Morgan fingerprint density at radius 2 is 1.88 bits per heavy atom. The highest BCUT2D eigenvalue weighted by atomic mass is 32.1. The van der Waals surface area contributed by atoms with Crippen LogP contribution in [0.15, 0.2) is 35.7 Å². The monoisotopic (exact) mass is 483 g/mol. The number of aromatic nitrogens is 2. The number of nitrogens with zero attached hydrogens (tertiary/aromatic N) is 3. The molecule has 3 heterocycles. The van der Waals surface area contributed by atoms with E-state index >= 15 is 0 Å². The van der Waals surface area contributed by atoms with Gasteiger partial charge in [-0.2, -0.15) is 0 Å². The van der Waals surface area contributed by atoms with E-state index in [2.05, 4.69) is 20.8 Å². The van der Waals surface area contributed by atoms with Crippen molar-refractivity contribution < 1.29 is 23.9 Å². The molecule has 0 atom stereocenters. The number of thiazole rings is 1. The molecule has 2 N–H and O–H groups in total. The van der Waals surface area contributed by atoms with Crippen LogP contribution in [0, 0.1) is 0 Å². The van der Waals surface area contributed by atoms with Crippen molar-refractivity contribution in [3.05, 3.63) is 52.1 Å². The van der Waals surface area contributed by atoms with E-state index in [1.807, 2.05) is 24.3 Å². The fourth-order valence-corrected chi connectivity index (χ4v) is 4.80. The third-order valence-corrected chi connectivity index (χ3v) is 6.56. The lowest BCUT2D eigenvalue weighted by molar-refractivity contribution is 0.0707. The molecule has 10 nitrogen and oxygen atoms in total. The number of hydrogen-bond donors (Lipinski definition) is 2. The molecule has 1 aliphatic rings. The van der Waals surface area contributed by atoms with Crippen LogP contribution < -0.4 is 15.6 Å². The molecule has 1 aliphatic heterocycles. The second kappa shape index (κ2) is 10.5. The van der Waals surface area contributed by atoms with Crippen molar-refractivity contribution in [1.82, 2.24) is 25.7 Å². The Bertz CT molecular complexity index is 1210. The maximum absolute atomic E-state index is 13.1. The molecule has 1 aromatic carbocycles. The fraction of sp³-hybridized carbons (Fsp3) is 0.348. The second-order valence-electron chi connectivity index (χ2n) is 7.66. The van der Waals surface area contributed by atoms with Gasteiger partial charge in [-0.25, -0.2) is 20.2 Å². The fourth-order valence-electron chi connectivity index (χ4n) is 3.83. The summed E-state index contributed by atoms with van der Waals surface area (Å²) in [5.74, 6) is 0.119. The summed E-state index contributed by atoms with van der Waals surface area (Å²) in [7, 11) is 1.58. The number of carbonyl (C=O) groups excluding carboxylic acids is 3. The maximum Gasteiger partial charge on any atom is 0.426 e. The topological polar surface area (TPSA) is 123 Å². The van der Waals surface area contributed by atoms with Gasteiger partial charge >= 0.3 is 6.09 Å². The van der Waals surface area contributed by atoms with Crippen molar-refractivity contribution in [3.63, 3.8) is 0 Å². The van der Waals surface area contributed by atoms with Crippen molar-refractivity contribution in [3.8, 4) is 5.75 Å². The average Bonchev–Trinajstić information content (AvgIpc) is 3.37. The molecule has 3 amide bonds. The van der Waals surface area contributed by atoms with Gasteiger partial charge in [0.15, 0.2) is 0 Å². The van der Waals surface area contributed by atoms with Gasteiger partial charge in [0.05, 0.1) is 24.2 Å². The lowest BCUT2D eigenvalue weighted by Crippen LogP contribution is -2.42. The van der Waals surface area contributed by atoms with Gasteiger partial charge in [0.25, 0.3) is 11.8 Å².